The fourth-order valence-corrected chi connectivity index (χ4v) is 2.89. The van der Waals surface area contributed by atoms with Crippen LogP contribution in [0.1, 0.15) is 11.1 Å². The molecule has 0 aliphatic heterocycles. The van der Waals surface area contributed by atoms with Crippen LogP contribution in [0.4, 0.5) is 37.7 Å². The normalized spacial score (nSPS) is 11.5. The lowest BCUT2D eigenvalue weighted by atomic mass is 10.00. The minimum atomic E-state index is -4.59. The zero-order valence-electron chi connectivity index (χ0n) is 15.2. The molecule has 0 radical (unpaired) electrons. The van der Waals surface area contributed by atoms with E-state index in [9.17, 15) is 36.5 Å². The van der Waals surface area contributed by atoms with Crippen LogP contribution in [0.5, 0.6) is 0 Å². The summed E-state index contributed by atoms with van der Waals surface area (Å²) < 4.78 is 75.0. The van der Waals surface area contributed by atoms with Gasteiger partial charge in [-0.05, 0) is 29.8 Å². The van der Waals surface area contributed by atoms with Crippen LogP contribution in [0.3, 0.4) is 0 Å². The maximum Gasteiger partial charge on any atom is 0.417 e. The standard InChI is InChI=1S/C12H9F3N2.C7H3BrF3NO2/c13-12(14,15)11-6-9(16)3-4-10(11)8-2-1-5-17-7-8;8-6-2-1-4(12(13)14)3-5(6)7(9,10)11/h1-7H,16H2;1-3H. The number of alkyl halides is 6. The average Bonchev–Trinajstić information content (AvgIpc) is 2.67. The van der Waals surface area contributed by atoms with E-state index in [-0.39, 0.29) is 15.7 Å². The number of nitrogen functional groups attached to an aromatic ring is 1. The monoisotopic (exact) mass is 507 g/mol. The van der Waals surface area contributed by atoms with Gasteiger partial charge >= 0.3 is 12.4 Å². The number of nitro benzene ring substituents is 1. The van der Waals surface area contributed by atoms with E-state index in [2.05, 4.69) is 20.9 Å². The lowest BCUT2D eigenvalue weighted by Gasteiger charge is -2.13. The summed E-state index contributed by atoms with van der Waals surface area (Å²) in [6.07, 6.45) is -6.12. The van der Waals surface area contributed by atoms with Crippen LogP contribution in [0.25, 0.3) is 11.1 Å². The predicted molar refractivity (Wildman–Crippen MR) is 105 cm³/mol. The van der Waals surface area contributed by atoms with Crippen LogP contribution < -0.4 is 5.73 Å². The number of hydrogen-bond acceptors (Lipinski definition) is 4. The van der Waals surface area contributed by atoms with Gasteiger partial charge in [0, 0.05) is 40.2 Å². The van der Waals surface area contributed by atoms with E-state index in [1.807, 2.05) is 0 Å². The van der Waals surface area contributed by atoms with Crippen LogP contribution in [-0.4, -0.2) is 9.91 Å². The zero-order chi connectivity index (χ0) is 23.4. The first-order valence-corrected chi connectivity index (χ1v) is 8.98. The molecule has 0 atom stereocenters. The number of nitro groups is 1. The van der Waals surface area contributed by atoms with Gasteiger partial charge in [0.25, 0.3) is 5.69 Å². The number of hydrogen-bond donors (Lipinski definition) is 1. The second-order valence-electron chi connectivity index (χ2n) is 5.96. The van der Waals surface area contributed by atoms with Crippen molar-refractivity contribution in [3.8, 4) is 11.1 Å². The third-order valence-corrected chi connectivity index (χ3v) is 4.48. The fourth-order valence-electron chi connectivity index (χ4n) is 2.41. The molecule has 3 rings (SSSR count). The molecule has 12 heteroatoms. The SMILES string of the molecule is Nc1ccc(-c2cccnc2)c(C(F)(F)F)c1.O=[N+]([O-])c1ccc(Br)c(C(F)(F)F)c1. The minimum absolute atomic E-state index is 0.0831. The molecular formula is C19H12BrF6N3O2. The lowest BCUT2D eigenvalue weighted by Crippen LogP contribution is -2.08. The van der Waals surface area contributed by atoms with E-state index in [1.165, 1.54) is 24.5 Å². The molecular weight excluding hydrogens is 496 g/mol. The number of nitrogens with two attached hydrogens (primary N) is 1. The Labute approximate surface area is 179 Å². The molecule has 0 aliphatic rings. The number of anilines is 1. The highest BCUT2D eigenvalue weighted by Crippen LogP contribution is 2.38. The summed E-state index contributed by atoms with van der Waals surface area (Å²) in [7, 11) is 0. The van der Waals surface area contributed by atoms with Gasteiger partial charge in [0.15, 0.2) is 0 Å². The highest BCUT2D eigenvalue weighted by molar-refractivity contribution is 9.10. The molecule has 1 heterocycles. The first kappa shape index (κ1) is 24.1. The Kier molecular flexibility index (Phi) is 7.26. The summed E-state index contributed by atoms with van der Waals surface area (Å²) in [5, 5.41) is 10.2. The molecule has 2 aromatic carbocycles. The van der Waals surface area contributed by atoms with Crippen molar-refractivity contribution in [3.05, 3.63) is 86.6 Å². The van der Waals surface area contributed by atoms with E-state index in [0.29, 0.717) is 11.6 Å². The molecule has 0 saturated heterocycles. The van der Waals surface area contributed by atoms with E-state index in [0.717, 1.165) is 18.2 Å². The highest BCUT2D eigenvalue weighted by Gasteiger charge is 2.35. The molecule has 0 saturated carbocycles. The van der Waals surface area contributed by atoms with Crippen LogP contribution in [0, 0.1) is 10.1 Å². The second-order valence-corrected chi connectivity index (χ2v) is 6.82. The van der Waals surface area contributed by atoms with Crippen LogP contribution in [0.2, 0.25) is 0 Å². The maximum absolute atomic E-state index is 12.8. The Morgan fingerprint density at radius 2 is 1.58 bits per heavy atom. The molecule has 1 aromatic heterocycles. The Hall–Kier alpha value is -3.15. The van der Waals surface area contributed by atoms with E-state index in [1.54, 1.807) is 12.1 Å². The molecule has 0 spiro atoms. The van der Waals surface area contributed by atoms with Crippen molar-refractivity contribution in [3.63, 3.8) is 0 Å². The molecule has 0 bridgehead atoms. The fraction of sp³-hybridized carbons (Fsp3) is 0.105. The number of benzene rings is 2. The average molecular weight is 508 g/mol. The van der Waals surface area contributed by atoms with Gasteiger partial charge in [0.05, 0.1) is 16.1 Å². The van der Waals surface area contributed by atoms with Gasteiger partial charge in [0.2, 0.25) is 0 Å². The molecule has 0 fully saturated rings. The number of pyridine rings is 1. The van der Waals surface area contributed by atoms with Gasteiger partial charge in [-0.15, -0.1) is 0 Å². The van der Waals surface area contributed by atoms with Crippen LogP contribution in [0.15, 0.2) is 65.4 Å². The molecule has 3 aromatic rings. The lowest BCUT2D eigenvalue weighted by molar-refractivity contribution is -0.385. The summed E-state index contributed by atoms with van der Waals surface area (Å²) >= 11 is 2.67. The Bertz CT molecular complexity index is 1070. The summed E-state index contributed by atoms with van der Waals surface area (Å²) in [4.78, 5) is 13.1. The zero-order valence-corrected chi connectivity index (χ0v) is 16.8. The Morgan fingerprint density at radius 1 is 0.935 bits per heavy atom. The summed E-state index contributed by atoms with van der Waals surface area (Å²) in [5.41, 5.74) is 3.60. The largest absolute Gasteiger partial charge is 0.417 e. The predicted octanol–water partition coefficient (Wildman–Crippen LogP) is 6.73. The Balaban J connectivity index is 0.000000225. The van der Waals surface area contributed by atoms with Crippen molar-refractivity contribution in [1.29, 1.82) is 0 Å². The first-order valence-electron chi connectivity index (χ1n) is 8.19. The number of non-ortho nitro benzene ring substituents is 1. The quantitative estimate of drug-likeness (QED) is 0.180. The van der Waals surface area contributed by atoms with Crippen molar-refractivity contribution in [1.82, 2.24) is 4.98 Å². The number of halogens is 7. The molecule has 164 valence electrons. The number of nitrogens with zero attached hydrogens (tertiary/aromatic N) is 2. The van der Waals surface area contributed by atoms with E-state index >= 15 is 0 Å². The van der Waals surface area contributed by atoms with Crippen LogP contribution in [-0.2, 0) is 12.4 Å². The van der Waals surface area contributed by atoms with Gasteiger partial charge in [-0.3, -0.25) is 15.1 Å². The van der Waals surface area contributed by atoms with Gasteiger partial charge in [-0.1, -0.05) is 28.1 Å². The Morgan fingerprint density at radius 3 is 2.10 bits per heavy atom. The summed E-state index contributed by atoms with van der Waals surface area (Å²) in [6, 6.07) is 9.39. The third kappa shape index (κ3) is 6.41. The number of rotatable bonds is 2. The van der Waals surface area contributed by atoms with E-state index in [4.69, 9.17) is 5.73 Å². The minimum Gasteiger partial charge on any atom is -0.399 e. The third-order valence-electron chi connectivity index (χ3n) is 3.79. The molecule has 0 aliphatic carbocycles. The highest BCUT2D eigenvalue weighted by atomic mass is 79.9. The smallest absolute Gasteiger partial charge is 0.399 e. The van der Waals surface area contributed by atoms with Crippen molar-refractivity contribution < 1.29 is 31.3 Å². The van der Waals surface area contributed by atoms with E-state index < -0.39 is 34.1 Å². The molecule has 31 heavy (non-hydrogen) atoms. The first-order chi connectivity index (χ1) is 14.3. The second kappa shape index (κ2) is 9.33. The molecule has 0 amide bonds. The van der Waals surface area contributed by atoms with Gasteiger partial charge < -0.3 is 5.73 Å². The van der Waals surface area contributed by atoms with Crippen LogP contribution >= 0.6 is 15.9 Å². The molecule has 0 unspecified atom stereocenters. The van der Waals surface area contributed by atoms with Gasteiger partial charge in [-0.25, -0.2) is 0 Å². The summed E-state index contributed by atoms with van der Waals surface area (Å²) in [5.74, 6) is 0. The van der Waals surface area contributed by atoms with Gasteiger partial charge in [0.1, 0.15) is 0 Å². The van der Waals surface area contributed by atoms with Crippen molar-refractivity contribution in [2.75, 3.05) is 5.73 Å². The maximum atomic E-state index is 12.8. The number of aromatic nitrogens is 1. The van der Waals surface area contributed by atoms with Crippen molar-refractivity contribution >= 4 is 27.3 Å². The van der Waals surface area contributed by atoms with Crippen molar-refractivity contribution in [2.45, 2.75) is 12.4 Å². The molecule has 2 N–H and O–H groups in total. The van der Waals surface area contributed by atoms with Gasteiger partial charge in [-0.2, -0.15) is 26.3 Å². The summed E-state index contributed by atoms with van der Waals surface area (Å²) in [6.45, 7) is 0. The molecule has 5 nitrogen and oxygen atoms in total. The van der Waals surface area contributed by atoms with Crippen molar-refractivity contribution in [2.24, 2.45) is 0 Å². The topological polar surface area (TPSA) is 82.0 Å².